The molecule has 72 heavy (non-hydrogen) atoms. The molecule has 0 bridgehead atoms. The topological polar surface area (TPSA) is 212 Å². The number of pyridine rings is 1. The van der Waals surface area contributed by atoms with Gasteiger partial charge in [0.05, 0.1) is 28.0 Å². The van der Waals surface area contributed by atoms with E-state index in [1.54, 1.807) is 4.72 Å². The fourth-order valence-electron chi connectivity index (χ4n) is 8.29. The third kappa shape index (κ3) is 11.5. The minimum Gasteiger partial charge on any atom is -0.481 e. The number of sulfone groups is 1. The van der Waals surface area contributed by atoms with Gasteiger partial charge in [-0.1, -0.05) is 23.6 Å². The molecule has 0 aliphatic heterocycles. The highest BCUT2D eigenvalue weighted by atomic mass is 35.5. The van der Waals surface area contributed by atoms with Crippen LogP contribution in [-0.4, -0.2) is 81.4 Å². The molecule has 3 N–H and O–H groups in total. The van der Waals surface area contributed by atoms with Crippen molar-refractivity contribution >= 4 is 60.1 Å². The van der Waals surface area contributed by atoms with E-state index in [1.165, 1.54) is 13.8 Å². The highest BCUT2D eigenvalue weighted by molar-refractivity contribution is 7.92. The van der Waals surface area contributed by atoms with Crippen molar-refractivity contribution in [3.8, 4) is 23.0 Å². The van der Waals surface area contributed by atoms with Crippen LogP contribution in [0.1, 0.15) is 91.1 Å². The molecule has 386 valence electrons. The summed E-state index contributed by atoms with van der Waals surface area (Å²) < 4.78 is 198. The number of nitrogens with zero attached hydrogens (tertiary/aromatic N) is 5. The molecule has 0 saturated heterocycles. The zero-order valence-electron chi connectivity index (χ0n) is 37.4. The van der Waals surface area contributed by atoms with Gasteiger partial charge in [-0.15, -0.1) is 0 Å². The molecule has 2 aliphatic rings. The first kappa shape index (κ1) is 53.5. The number of fused-ring (bicyclic) bond motifs is 4. The van der Waals surface area contributed by atoms with Crippen LogP contribution in [0, 0.1) is 29.4 Å². The standard InChI is InChI=1S/C44H38ClF10N7O8S2/c1-41(2,71(3,67)68)12-11-24-7-8-25(26-9-10-29(45)36-31(58-62(38(26)36)20-42(48,49)50)19-72(69,70)60-32(63)5-4-6-34(65)66)37(56-24)30(15-21-13-22(46)16-23(47)14-21)57-33(64)18-61-40-35(39(59-61)44(53,54)55)27-17-28(27)43(40,51)52/h7-10,13-14,16,27-28,30H,4-6,15,17-20H2,1-3H3,(H,57,64)(H,60,63)(H,65,66)/t27-,28+,30-/m0/s1. The van der Waals surface area contributed by atoms with Gasteiger partial charge < -0.3 is 10.4 Å². The van der Waals surface area contributed by atoms with Crippen molar-refractivity contribution in [2.24, 2.45) is 5.92 Å². The van der Waals surface area contributed by atoms with Gasteiger partial charge in [-0.05, 0) is 80.8 Å². The molecule has 0 radical (unpaired) electrons. The molecule has 2 aromatic carbocycles. The number of halogens is 11. The van der Waals surface area contributed by atoms with E-state index < -0.39 is 168 Å². The van der Waals surface area contributed by atoms with E-state index in [0.29, 0.717) is 10.7 Å². The Hall–Kier alpha value is -6.27. The summed E-state index contributed by atoms with van der Waals surface area (Å²) in [6, 6.07) is 4.85. The van der Waals surface area contributed by atoms with Crippen molar-refractivity contribution in [3.05, 3.63) is 98.7 Å². The van der Waals surface area contributed by atoms with Gasteiger partial charge in [0, 0.05) is 53.2 Å². The fourth-order valence-corrected chi connectivity index (χ4v) is 9.87. The monoisotopic (exact) mass is 1080 g/mol. The molecule has 28 heteroatoms. The number of aliphatic carboxylic acids is 1. The molecule has 2 aliphatic carbocycles. The van der Waals surface area contributed by atoms with E-state index in [0.717, 1.165) is 42.7 Å². The Labute approximate surface area is 407 Å². The first-order chi connectivity index (χ1) is 33.2. The lowest BCUT2D eigenvalue weighted by Gasteiger charge is -2.23. The van der Waals surface area contributed by atoms with Crippen LogP contribution in [-0.2, 0) is 71.6 Å². The summed E-state index contributed by atoms with van der Waals surface area (Å²) in [4.78, 5) is 42.0. The fraction of sp³-hybridized carbons (Fsp3) is 0.409. The summed E-state index contributed by atoms with van der Waals surface area (Å²) in [6.45, 7) is -0.751. The second kappa shape index (κ2) is 19.0. The zero-order valence-corrected chi connectivity index (χ0v) is 39.8. The molecular weight excluding hydrogens is 1040 g/mol. The van der Waals surface area contributed by atoms with Crippen LogP contribution < -0.4 is 10.0 Å². The number of hydrogen-bond acceptors (Lipinski definition) is 10. The van der Waals surface area contributed by atoms with E-state index in [9.17, 15) is 66.3 Å². The number of nitrogens with one attached hydrogen (secondary N) is 2. The van der Waals surface area contributed by atoms with Crippen LogP contribution >= 0.6 is 11.6 Å². The highest BCUT2D eigenvalue weighted by Crippen LogP contribution is 2.68. The second-order valence-corrected chi connectivity index (χ2v) is 22.4. The predicted molar refractivity (Wildman–Crippen MR) is 235 cm³/mol. The van der Waals surface area contributed by atoms with Crippen molar-refractivity contribution in [1.82, 2.24) is 34.6 Å². The predicted octanol–water partition coefficient (Wildman–Crippen LogP) is 7.49. The van der Waals surface area contributed by atoms with Gasteiger partial charge in [0.15, 0.2) is 15.5 Å². The summed E-state index contributed by atoms with van der Waals surface area (Å²) in [5.41, 5.74) is -6.35. The van der Waals surface area contributed by atoms with Gasteiger partial charge in [-0.2, -0.15) is 45.3 Å². The van der Waals surface area contributed by atoms with Crippen LogP contribution in [0.25, 0.3) is 22.0 Å². The number of aromatic nitrogens is 5. The summed E-state index contributed by atoms with van der Waals surface area (Å²) in [6.07, 6.45) is -11.8. The van der Waals surface area contributed by atoms with E-state index in [2.05, 4.69) is 32.3 Å². The number of carboxylic acid groups (broad SMARTS) is 1. The second-order valence-electron chi connectivity index (χ2n) is 17.7. The maximum absolute atomic E-state index is 15.6. The number of carbonyl (C=O) groups excluding carboxylic acids is 2. The summed E-state index contributed by atoms with van der Waals surface area (Å²) in [7, 11) is -8.72. The number of carbonyl (C=O) groups is 3. The molecule has 1 fully saturated rings. The molecule has 15 nitrogen and oxygen atoms in total. The third-order valence-corrected chi connectivity index (χ3v) is 15.3. The Morgan fingerprint density at radius 1 is 0.931 bits per heavy atom. The smallest absolute Gasteiger partial charge is 0.435 e. The quantitative estimate of drug-likeness (QED) is 0.0651. The normalized spacial score (nSPS) is 16.9. The van der Waals surface area contributed by atoms with Gasteiger partial charge in [-0.25, -0.2) is 30.6 Å². The summed E-state index contributed by atoms with van der Waals surface area (Å²) in [5, 5.41) is 17.8. The Balaban J connectivity index is 1.42. The lowest BCUT2D eigenvalue weighted by molar-refractivity contribution is -0.143. The van der Waals surface area contributed by atoms with E-state index in [1.807, 2.05) is 0 Å². The maximum Gasteiger partial charge on any atom is 0.435 e. The van der Waals surface area contributed by atoms with Crippen molar-refractivity contribution in [2.45, 2.75) is 99.8 Å². The highest BCUT2D eigenvalue weighted by Gasteiger charge is 2.68. The van der Waals surface area contributed by atoms with Crippen LogP contribution in [0.4, 0.5) is 43.9 Å². The van der Waals surface area contributed by atoms with Gasteiger partial charge >= 0.3 is 18.3 Å². The minimum atomic E-state index is -5.22. The van der Waals surface area contributed by atoms with Gasteiger partial charge in [-0.3, -0.25) is 28.5 Å². The average molecular weight is 1080 g/mol. The average Bonchev–Trinajstić information content (AvgIpc) is 3.75. The third-order valence-electron chi connectivity index (χ3n) is 11.8. The minimum absolute atomic E-state index is 0.189. The number of rotatable bonds is 16. The molecule has 0 spiro atoms. The number of sulfonamides is 1. The molecule has 0 unspecified atom stereocenters. The number of carboxylic acids is 1. The van der Waals surface area contributed by atoms with Gasteiger partial charge in [0.1, 0.15) is 46.6 Å². The van der Waals surface area contributed by atoms with Crippen molar-refractivity contribution in [3.63, 3.8) is 0 Å². The molecule has 1 saturated carbocycles. The Kier molecular flexibility index (Phi) is 14.1. The van der Waals surface area contributed by atoms with E-state index in [4.69, 9.17) is 16.7 Å². The summed E-state index contributed by atoms with van der Waals surface area (Å²) >= 11 is 6.56. The molecule has 3 aromatic heterocycles. The van der Waals surface area contributed by atoms with Crippen molar-refractivity contribution < 1.29 is 80.2 Å². The first-order valence-corrected chi connectivity index (χ1v) is 25.1. The lowest BCUT2D eigenvalue weighted by atomic mass is 9.93. The molecule has 5 aromatic rings. The van der Waals surface area contributed by atoms with E-state index in [-0.39, 0.29) is 44.9 Å². The van der Waals surface area contributed by atoms with Crippen LogP contribution in [0.5, 0.6) is 0 Å². The van der Waals surface area contributed by atoms with Gasteiger partial charge in [0.2, 0.25) is 21.8 Å². The molecule has 3 atom stereocenters. The summed E-state index contributed by atoms with van der Waals surface area (Å²) in [5.74, 6) is -8.79. The Morgan fingerprint density at radius 3 is 2.19 bits per heavy atom. The van der Waals surface area contributed by atoms with Gasteiger partial charge in [0.25, 0.3) is 5.92 Å². The SMILES string of the molecule is CC(C)(C#Cc1ccc(-c2ccc(Cl)c3c(CS(=O)(=O)NC(=O)CCCC(=O)O)nn(CC(F)(F)F)c23)c([C@H](Cc2cc(F)cc(F)c2)NC(=O)Cn2nc(C(F)(F)F)c3c2C(F)(F)[C@@H]2C[C@H]32)n1)S(C)(=O)=O. The molecular formula is C44H38ClF10N7O8S2. The molecule has 7 rings (SSSR count). The van der Waals surface area contributed by atoms with Crippen LogP contribution in [0.3, 0.4) is 0 Å². The number of hydrogen-bond donors (Lipinski definition) is 3. The largest absolute Gasteiger partial charge is 0.481 e. The molecule has 2 amide bonds. The van der Waals surface area contributed by atoms with Crippen LogP contribution in [0.15, 0.2) is 42.5 Å². The van der Waals surface area contributed by atoms with Crippen LogP contribution in [0.2, 0.25) is 5.02 Å². The lowest BCUT2D eigenvalue weighted by Crippen LogP contribution is -2.35. The van der Waals surface area contributed by atoms with Crippen molar-refractivity contribution in [1.29, 1.82) is 0 Å². The zero-order chi connectivity index (χ0) is 53.3. The van der Waals surface area contributed by atoms with Crippen molar-refractivity contribution in [2.75, 3.05) is 6.26 Å². The maximum atomic E-state index is 15.6. The Morgan fingerprint density at radius 2 is 1.58 bits per heavy atom. The van der Waals surface area contributed by atoms with E-state index >= 15 is 8.78 Å². The Bertz CT molecular complexity index is 3330. The first-order valence-electron chi connectivity index (χ1n) is 21.2. The number of amides is 2. The molecule has 3 heterocycles. The number of benzene rings is 2. The number of alkyl halides is 8.